The van der Waals surface area contributed by atoms with E-state index in [9.17, 15) is 8.42 Å². The van der Waals surface area contributed by atoms with Crippen molar-refractivity contribution < 1.29 is 8.42 Å². The summed E-state index contributed by atoms with van der Waals surface area (Å²) >= 11 is 0. The number of benzene rings is 3. The van der Waals surface area contributed by atoms with Crippen molar-refractivity contribution in [2.75, 3.05) is 4.72 Å². The number of imidazole rings is 1. The zero-order valence-electron chi connectivity index (χ0n) is 16.7. The topological polar surface area (TPSA) is 114 Å². The summed E-state index contributed by atoms with van der Waals surface area (Å²) in [4.78, 5) is 4.81. The minimum absolute atomic E-state index is 0. The first-order valence-corrected chi connectivity index (χ1v) is 10.8. The molecule has 0 aliphatic rings. The molecule has 1 heterocycles. The summed E-state index contributed by atoms with van der Waals surface area (Å²) in [7, 11) is -1.80. The first-order chi connectivity index (χ1) is 14.3. The van der Waals surface area contributed by atoms with Gasteiger partial charge in [-0.05, 0) is 35.9 Å². The predicted molar refractivity (Wildman–Crippen MR) is 125 cm³/mol. The molecule has 9 heteroatoms. The maximum atomic E-state index is 12.7. The Balaban J connectivity index is 0.00000272. The first-order valence-electron chi connectivity index (χ1n) is 9.30. The smallest absolute Gasteiger partial charge is 0.261 e. The third kappa shape index (κ3) is 4.70. The number of nitrogens with zero attached hydrogens (tertiary/aromatic N) is 2. The number of hydrogen-bond acceptors (Lipinski definition) is 4. The molecule has 0 saturated carbocycles. The van der Waals surface area contributed by atoms with Gasteiger partial charge in [-0.25, -0.2) is 13.4 Å². The van der Waals surface area contributed by atoms with Crippen molar-refractivity contribution in [2.45, 2.75) is 11.3 Å². The Morgan fingerprint density at radius 1 is 1.06 bits per heavy atom. The van der Waals surface area contributed by atoms with Crippen LogP contribution in [0.15, 0.2) is 77.7 Å². The summed E-state index contributed by atoms with van der Waals surface area (Å²) in [5.74, 6) is 0.841. The minimum atomic E-state index is -3.71. The second-order valence-corrected chi connectivity index (χ2v) is 8.68. The molecule has 0 saturated heterocycles. The maximum absolute atomic E-state index is 12.7. The van der Waals surface area contributed by atoms with E-state index in [1.54, 1.807) is 54.6 Å². The van der Waals surface area contributed by atoms with E-state index < -0.39 is 10.0 Å². The van der Waals surface area contributed by atoms with E-state index in [4.69, 9.17) is 11.1 Å². The molecule has 3 aromatic carbocycles. The molecule has 0 unspecified atom stereocenters. The summed E-state index contributed by atoms with van der Waals surface area (Å²) in [6.07, 6.45) is 0.577. The SMILES string of the molecule is Cl.Cn1c(Cc2ccc(C(=N)N)cc2)nc2cc(S(=O)(=O)Nc3ccccc3)ccc21. The summed E-state index contributed by atoms with van der Waals surface area (Å²) in [5.41, 5.74) is 9.17. The number of para-hydroxylation sites is 1. The van der Waals surface area contributed by atoms with Crippen molar-refractivity contribution in [3.05, 3.63) is 89.7 Å². The van der Waals surface area contributed by atoms with Crippen LogP contribution >= 0.6 is 12.4 Å². The molecule has 0 bridgehead atoms. The van der Waals surface area contributed by atoms with Gasteiger partial charge in [0.25, 0.3) is 10.0 Å². The molecule has 0 aliphatic heterocycles. The molecule has 0 atom stereocenters. The van der Waals surface area contributed by atoms with Crippen LogP contribution < -0.4 is 10.5 Å². The number of halogens is 1. The van der Waals surface area contributed by atoms with Gasteiger partial charge in [-0.2, -0.15) is 0 Å². The number of hydrogen-bond donors (Lipinski definition) is 3. The van der Waals surface area contributed by atoms with Gasteiger partial charge in [0.15, 0.2) is 0 Å². The lowest BCUT2D eigenvalue weighted by Crippen LogP contribution is -2.12. The Morgan fingerprint density at radius 3 is 2.39 bits per heavy atom. The highest BCUT2D eigenvalue weighted by atomic mass is 35.5. The lowest BCUT2D eigenvalue weighted by molar-refractivity contribution is 0.601. The van der Waals surface area contributed by atoms with Gasteiger partial charge in [0.2, 0.25) is 0 Å². The van der Waals surface area contributed by atoms with Crippen LogP contribution in [-0.4, -0.2) is 23.8 Å². The van der Waals surface area contributed by atoms with Gasteiger partial charge in [0.1, 0.15) is 11.7 Å². The van der Waals surface area contributed by atoms with Crippen LogP contribution in [0.4, 0.5) is 5.69 Å². The fourth-order valence-corrected chi connectivity index (χ4v) is 4.34. The molecule has 0 spiro atoms. The molecule has 0 amide bonds. The van der Waals surface area contributed by atoms with Crippen molar-refractivity contribution in [1.82, 2.24) is 9.55 Å². The highest BCUT2D eigenvalue weighted by molar-refractivity contribution is 7.92. The number of aromatic nitrogens is 2. The van der Waals surface area contributed by atoms with Crippen molar-refractivity contribution in [3.63, 3.8) is 0 Å². The average molecular weight is 456 g/mol. The Kier molecular flexibility index (Phi) is 6.33. The number of fused-ring (bicyclic) bond motifs is 1. The predicted octanol–water partition coefficient (Wildman–Crippen LogP) is 3.67. The quantitative estimate of drug-likeness (QED) is 0.304. The number of aryl methyl sites for hydroxylation is 1. The lowest BCUT2D eigenvalue weighted by atomic mass is 10.1. The van der Waals surface area contributed by atoms with Gasteiger partial charge in [0.05, 0.1) is 15.9 Å². The van der Waals surface area contributed by atoms with Crippen molar-refractivity contribution in [3.8, 4) is 0 Å². The molecule has 4 N–H and O–H groups in total. The third-order valence-electron chi connectivity index (χ3n) is 4.91. The second-order valence-electron chi connectivity index (χ2n) is 7.00. The highest BCUT2D eigenvalue weighted by Crippen LogP contribution is 2.23. The van der Waals surface area contributed by atoms with E-state index in [0.29, 0.717) is 23.2 Å². The van der Waals surface area contributed by atoms with E-state index in [0.717, 1.165) is 16.9 Å². The lowest BCUT2D eigenvalue weighted by Gasteiger charge is -2.08. The number of nitrogen functional groups attached to an aromatic ring is 1. The number of rotatable bonds is 6. The number of amidine groups is 1. The summed E-state index contributed by atoms with van der Waals surface area (Å²) < 4.78 is 30.0. The number of sulfonamides is 1. The van der Waals surface area contributed by atoms with Crippen LogP contribution in [0, 0.1) is 5.41 Å². The van der Waals surface area contributed by atoms with E-state index in [1.165, 1.54) is 0 Å². The van der Waals surface area contributed by atoms with E-state index in [-0.39, 0.29) is 23.1 Å². The monoisotopic (exact) mass is 455 g/mol. The van der Waals surface area contributed by atoms with E-state index >= 15 is 0 Å². The molecule has 0 radical (unpaired) electrons. The molecule has 4 aromatic rings. The Labute approximate surface area is 186 Å². The van der Waals surface area contributed by atoms with Crippen LogP contribution in [0.2, 0.25) is 0 Å². The molecular weight excluding hydrogens is 434 g/mol. The van der Waals surface area contributed by atoms with Crippen molar-refractivity contribution in [2.24, 2.45) is 12.8 Å². The van der Waals surface area contributed by atoms with Crippen molar-refractivity contribution >= 4 is 45.0 Å². The minimum Gasteiger partial charge on any atom is -0.384 e. The Hall–Kier alpha value is -3.36. The molecular formula is C22H22ClN5O2S. The normalized spacial score (nSPS) is 11.1. The number of nitrogens with one attached hydrogen (secondary N) is 2. The Morgan fingerprint density at radius 2 is 1.74 bits per heavy atom. The van der Waals surface area contributed by atoms with Crippen LogP contribution in [0.3, 0.4) is 0 Å². The molecule has 31 heavy (non-hydrogen) atoms. The number of anilines is 1. The summed E-state index contributed by atoms with van der Waals surface area (Å²) in [5, 5.41) is 7.48. The fourth-order valence-electron chi connectivity index (χ4n) is 3.26. The summed E-state index contributed by atoms with van der Waals surface area (Å²) in [6.45, 7) is 0. The van der Waals surface area contributed by atoms with Crippen LogP contribution in [0.1, 0.15) is 17.0 Å². The van der Waals surface area contributed by atoms with Gasteiger partial charge in [-0.3, -0.25) is 10.1 Å². The Bertz CT molecular complexity index is 1330. The largest absolute Gasteiger partial charge is 0.384 e. The number of nitrogens with two attached hydrogens (primary N) is 1. The second kappa shape index (κ2) is 8.79. The molecule has 0 fully saturated rings. The molecule has 7 nitrogen and oxygen atoms in total. The van der Waals surface area contributed by atoms with Gasteiger partial charge in [-0.15, -0.1) is 12.4 Å². The summed E-state index contributed by atoms with van der Waals surface area (Å²) in [6, 6.07) is 21.1. The van der Waals surface area contributed by atoms with Gasteiger partial charge in [-0.1, -0.05) is 42.5 Å². The van der Waals surface area contributed by atoms with E-state index in [1.807, 2.05) is 29.8 Å². The highest BCUT2D eigenvalue weighted by Gasteiger charge is 2.17. The van der Waals surface area contributed by atoms with Crippen LogP contribution in [-0.2, 0) is 23.5 Å². The molecule has 4 rings (SSSR count). The van der Waals surface area contributed by atoms with Gasteiger partial charge < -0.3 is 10.3 Å². The van der Waals surface area contributed by atoms with Crippen molar-refractivity contribution in [1.29, 1.82) is 5.41 Å². The van der Waals surface area contributed by atoms with Gasteiger partial charge in [0, 0.05) is 24.7 Å². The molecule has 0 aliphatic carbocycles. The zero-order chi connectivity index (χ0) is 21.3. The van der Waals surface area contributed by atoms with Crippen LogP contribution in [0.5, 0.6) is 0 Å². The van der Waals surface area contributed by atoms with E-state index in [2.05, 4.69) is 9.71 Å². The first kappa shape index (κ1) is 22.3. The van der Waals surface area contributed by atoms with Crippen LogP contribution in [0.25, 0.3) is 11.0 Å². The van der Waals surface area contributed by atoms with Gasteiger partial charge >= 0.3 is 0 Å². The average Bonchev–Trinajstić information content (AvgIpc) is 3.04. The zero-order valence-corrected chi connectivity index (χ0v) is 18.4. The molecule has 160 valence electrons. The molecule has 1 aromatic heterocycles. The fraction of sp³-hybridized carbons (Fsp3) is 0.0909. The standard InChI is InChI=1S/C22H21N5O2S.ClH/c1-27-20-12-11-18(30(28,29)26-17-5-3-2-4-6-17)14-19(20)25-21(27)13-15-7-9-16(10-8-15)22(23)24;/h2-12,14,26H,13H2,1H3,(H3,23,24);1H. The maximum Gasteiger partial charge on any atom is 0.261 e. The third-order valence-corrected chi connectivity index (χ3v) is 6.29.